The average molecular weight is 443 g/mol. The first-order chi connectivity index (χ1) is 14.5. The third kappa shape index (κ3) is 3.42. The largest absolute Gasteiger partial charge is 0.429 e. The van der Waals surface area contributed by atoms with Crippen molar-refractivity contribution >= 4 is 45.5 Å². The summed E-state index contributed by atoms with van der Waals surface area (Å²) in [6, 6.07) is 13.5. The molecule has 0 aliphatic carbocycles. The van der Waals surface area contributed by atoms with Crippen molar-refractivity contribution in [3.8, 4) is 5.69 Å². The molecule has 0 aliphatic heterocycles. The Morgan fingerprint density at radius 3 is 2.43 bits per heavy atom. The highest BCUT2D eigenvalue weighted by atomic mass is 35.5. The SMILES string of the molecule is Cc1cc(-n2nc3ccccc3n2)c2oc(SCc3cc(F)c(F)cc3Cl)nc2c1. The fourth-order valence-electron chi connectivity index (χ4n) is 3.12. The highest BCUT2D eigenvalue weighted by molar-refractivity contribution is 7.98. The van der Waals surface area contributed by atoms with E-state index < -0.39 is 11.6 Å². The number of hydrogen-bond acceptors (Lipinski definition) is 5. The van der Waals surface area contributed by atoms with E-state index >= 15 is 0 Å². The first-order valence-corrected chi connectivity index (χ1v) is 10.3. The number of nitrogens with zero attached hydrogens (tertiary/aromatic N) is 4. The molecule has 0 aliphatic rings. The van der Waals surface area contributed by atoms with Crippen LogP contribution in [0.15, 0.2) is 58.2 Å². The molecule has 0 spiro atoms. The summed E-state index contributed by atoms with van der Waals surface area (Å²) in [6.07, 6.45) is 0. The van der Waals surface area contributed by atoms with Crippen LogP contribution in [0.3, 0.4) is 0 Å². The van der Waals surface area contributed by atoms with Crippen molar-refractivity contribution in [3.63, 3.8) is 0 Å². The number of benzene rings is 3. The molecule has 0 amide bonds. The van der Waals surface area contributed by atoms with Crippen LogP contribution in [0.2, 0.25) is 5.02 Å². The molecule has 0 N–H and O–H groups in total. The van der Waals surface area contributed by atoms with Gasteiger partial charge in [-0.05, 0) is 54.4 Å². The van der Waals surface area contributed by atoms with E-state index in [-0.39, 0.29) is 10.8 Å². The number of fused-ring (bicyclic) bond motifs is 2. The number of thioether (sulfide) groups is 1. The van der Waals surface area contributed by atoms with Gasteiger partial charge in [0, 0.05) is 10.8 Å². The standard InChI is InChI=1S/C21H13ClF2N4OS/c1-11-6-18-20(19(7-11)28-26-16-4-2-3-5-17(16)27-28)29-21(25-18)30-10-12-8-14(23)15(24)9-13(12)22/h2-9H,10H2,1H3. The van der Waals surface area contributed by atoms with Crippen LogP contribution >= 0.6 is 23.4 Å². The van der Waals surface area contributed by atoms with E-state index in [0.717, 1.165) is 28.7 Å². The first kappa shape index (κ1) is 19.0. The van der Waals surface area contributed by atoms with Crippen molar-refractivity contribution in [2.75, 3.05) is 0 Å². The van der Waals surface area contributed by atoms with Gasteiger partial charge in [0.05, 0.1) is 0 Å². The van der Waals surface area contributed by atoms with Crippen molar-refractivity contribution < 1.29 is 13.2 Å². The average Bonchev–Trinajstić information content (AvgIpc) is 3.32. The number of rotatable bonds is 4. The van der Waals surface area contributed by atoms with Crippen LogP contribution in [0.5, 0.6) is 0 Å². The monoisotopic (exact) mass is 442 g/mol. The van der Waals surface area contributed by atoms with Crippen molar-refractivity contribution in [1.29, 1.82) is 0 Å². The maximum absolute atomic E-state index is 13.5. The van der Waals surface area contributed by atoms with Crippen LogP contribution in [-0.2, 0) is 5.75 Å². The van der Waals surface area contributed by atoms with Crippen molar-refractivity contribution in [2.45, 2.75) is 17.9 Å². The van der Waals surface area contributed by atoms with Crippen LogP contribution in [0.4, 0.5) is 8.78 Å². The molecule has 0 saturated carbocycles. The summed E-state index contributed by atoms with van der Waals surface area (Å²) in [5, 5.41) is 9.58. The Morgan fingerprint density at radius 2 is 1.70 bits per heavy atom. The Hall–Kier alpha value is -2.97. The van der Waals surface area contributed by atoms with E-state index in [9.17, 15) is 8.78 Å². The predicted molar refractivity (Wildman–Crippen MR) is 112 cm³/mol. The van der Waals surface area contributed by atoms with Crippen LogP contribution in [0.25, 0.3) is 27.8 Å². The molecule has 0 unspecified atom stereocenters. The third-order valence-corrected chi connectivity index (χ3v) is 5.77. The highest BCUT2D eigenvalue weighted by Gasteiger charge is 2.16. The van der Waals surface area contributed by atoms with Gasteiger partial charge < -0.3 is 4.42 Å². The van der Waals surface area contributed by atoms with Gasteiger partial charge in [-0.2, -0.15) is 0 Å². The zero-order chi connectivity index (χ0) is 20.8. The van der Waals surface area contributed by atoms with Gasteiger partial charge in [0.25, 0.3) is 5.22 Å². The number of aromatic nitrogens is 4. The molecule has 0 fully saturated rings. The van der Waals surface area contributed by atoms with Gasteiger partial charge in [0.2, 0.25) is 0 Å². The molecule has 9 heteroatoms. The molecule has 0 radical (unpaired) electrons. The van der Waals surface area contributed by atoms with Gasteiger partial charge in [-0.3, -0.25) is 0 Å². The molecule has 0 saturated heterocycles. The van der Waals surface area contributed by atoms with Gasteiger partial charge in [0.1, 0.15) is 22.2 Å². The topological polar surface area (TPSA) is 56.7 Å². The third-order valence-electron chi connectivity index (χ3n) is 4.54. The van der Waals surface area contributed by atoms with Gasteiger partial charge >= 0.3 is 0 Å². The summed E-state index contributed by atoms with van der Waals surface area (Å²) < 4.78 is 32.8. The zero-order valence-corrected chi connectivity index (χ0v) is 17.1. The van der Waals surface area contributed by atoms with Crippen LogP contribution in [-0.4, -0.2) is 20.0 Å². The van der Waals surface area contributed by atoms with Gasteiger partial charge in [-0.1, -0.05) is 35.5 Å². The fraction of sp³-hybridized carbons (Fsp3) is 0.0952. The van der Waals surface area contributed by atoms with Crippen LogP contribution in [0.1, 0.15) is 11.1 Å². The number of halogens is 3. The summed E-state index contributed by atoms with van der Waals surface area (Å²) in [4.78, 5) is 6.05. The van der Waals surface area contributed by atoms with Crippen LogP contribution in [0, 0.1) is 18.6 Å². The summed E-state index contributed by atoms with van der Waals surface area (Å²) in [5.74, 6) is -1.64. The normalized spacial score (nSPS) is 11.6. The molecule has 5 nitrogen and oxygen atoms in total. The zero-order valence-electron chi connectivity index (χ0n) is 15.6. The molecule has 0 atom stereocenters. The lowest BCUT2D eigenvalue weighted by Crippen LogP contribution is -1.99. The molecular weight excluding hydrogens is 430 g/mol. The van der Waals surface area contributed by atoms with E-state index in [4.69, 9.17) is 16.0 Å². The molecule has 5 rings (SSSR count). The van der Waals surface area contributed by atoms with Gasteiger partial charge in [-0.25, -0.2) is 13.8 Å². The lowest BCUT2D eigenvalue weighted by molar-refractivity contribution is 0.486. The van der Waals surface area contributed by atoms with Crippen molar-refractivity contribution in [3.05, 3.63) is 76.3 Å². The summed E-state index contributed by atoms with van der Waals surface area (Å²) in [6.45, 7) is 1.95. The Kier molecular flexibility index (Phi) is 4.67. The van der Waals surface area contributed by atoms with E-state index in [0.29, 0.717) is 27.6 Å². The Balaban J connectivity index is 1.51. The Labute approximate surface area is 178 Å². The Morgan fingerprint density at radius 1 is 1.00 bits per heavy atom. The fourth-order valence-corrected chi connectivity index (χ4v) is 4.24. The molecule has 3 aromatic carbocycles. The number of aryl methyl sites for hydroxylation is 1. The molecular formula is C21H13ClF2N4OS. The van der Waals surface area contributed by atoms with E-state index in [1.165, 1.54) is 16.6 Å². The maximum atomic E-state index is 13.5. The second kappa shape index (κ2) is 7.37. The molecule has 2 aromatic heterocycles. The van der Waals surface area contributed by atoms with E-state index in [1.54, 1.807) is 0 Å². The summed E-state index contributed by atoms with van der Waals surface area (Å²) in [5.41, 5.74) is 4.85. The minimum absolute atomic E-state index is 0.154. The molecule has 30 heavy (non-hydrogen) atoms. The smallest absolute Gasteiger partial charge is 0.257 e. The predicted octanol–water partition coefficient (Wildman–Crippen LogP) is 6.09. The Bertz CT molecular complexity index is 1380. The second-order valence-corrected chi connectivity index (χ2v) is 8.07. The lowest BCUT2D eigenvalue weighted by atomic mass is 10.2. The van der Waals surface area contributed by atoms with E-state index in [1.807, 2.05) is 43.3 Å². The van der Waals surface area contributed by atoms with Crippen molar-refractivity contribution in [2.24, 2.45) is 0 Å². The van der Waals surface area contributed by atoms with Gasteiger partial charge in [0.15, 0.2) is 17.2 Å². The van der Waals surface area contributed by atoms with Gasteiger partial charge in [-0.15, -0.1) is 15.0 Å². The van der Waals surface area contributed by atoms with Crippen LogP contribution < -0.4 is 0 Å². The molecule has 2 heterocycles. The minimum atomic E-state index is -0.977. The quantitative estimate of drug-likeness (QED) is 0.249. The molecule has 5 aromatic rings. The molecule has 0 bridgehead atoms. The van der Waals surface area contributed by atoms with Crippen molar-refractivity contribution in [1.82, 2.24) is 20.0 Å². The first-order valence-electron chi connectivity index (χ1n) is 8.98. The summed E-state index contributed by atoms with van der Waals surface area (Å²) in [7, 11) is 0. The van der Waals surface area contributed by atoms with E-state index in [2.05, 4.69) is 15.2 Å². The highest BCUT2D eigenvalue weighted by Crippen LogP contribution is 2.32. The lowest BCUT2D eigenvalue weighted by Gasteiger charge is -2.03. The number of hydrogen-bond donors (Lipinski definition) is 0. The minimum Gasteiger partial charge on any atom is -0.429 e. The molecule has 150 valence electrons. The summed E-state index contributed by atoms with van der Waals surface area (Å²) >= 11 is 7.26. The number of oxazole rings is 1. The maximum Gasteiger partial charge on any atom is 0.257 e. The second-order valence-electron chi connectivity index (χ2n) is 6.74.